The van der Waals surface area contributed by atoms with Crippen LogP contribution in [0.5, 0.6) is 0 Å². The van der Waals surface area contributed by atoms with Crippen LogP contribution in [0.1, 0.15) is 16.1 Å². The first-order chi connectivity index (χ1) is 13.2. The number of anilines is 1. The Labute approximate surface area is 155 Å². The van der Waals surface area contributed by atoms with E-state index < -0.39 is 0 Å². The zero-order chi connectivity index (χ0) is 18.4. The summed E-state index contributed by atoms with van der Waals surface area (Å²) in [6, 6.07) is 9.76. The highest BCUT2D eigenvalue weighted by atomic mass is 16.3. The Morgan fingerprint density at radius 3 is 2.78 bits per heavy atom. The lowest BCUT2D eigenvalue weighted by molar-refractivity contribution is 0.0714. The molecule has 0 bridgehead atoms. The van der Waals surface area contributed by atoms with Crippen molar-refractivity contribution in [2.75, 3.05) is 31.1 Å². The van der Waals surface area contributed by atoms with Crippen molar-refractivity contribution in [1.29, 1.82) is 0 Å². The van der Waals surface area contributed by atoms with Gasteiger partial charge in [-0.1, -0.05) is 12.1 Å². The van der Waals surface area contributed by atoms with Crippen LogP contribution in [-0.4, -0.2) is 51.9 Å². The topological polar surface area (TPSA) is 78.3 Å². The lowest BCUT2D eigenvalue weighted by Crippen LogP contribution is -2.49. The summed E-state index contributed by atoms with van der Waals surface area (Å²) in [5, 5.41) is 1.10. The number of H-pyrrole nitrogens is 1. The van der Waals surface area contributed by atoms with E-state index in [1.807, 2.05) is 4.90 Å². The van der Waals surface area contributed by atoms with Crippen molar-refractivity contribution in [3.8, 4) is 0 Å². The second-order valence-electron chi connectivity index (χ2n) is 6.85. The Bertz CT molecular complexity index is 1120. The van der Waals surface area contributed by atoms with Crippen LogP contribution in [0.25, 0.3) is 21.9 Å². The Morgan fingerprint density at radius 1 is 1.15 bits per heavy atom. The number of amides is 1. The minimum atomic E-state index is -0.0615. The molecule has 7 nitrogen and oxygen atoms in total. The van der Waals surface area contributed by atoms with E-state index in [4.69, 9.17) is 4.42 Å². The van der Waals surface area contributed by atoms with Crippen LogP contribution >= 0.6 is 0 Å². The fourth-order valence-electron chi connectivity index (χ4n) is 3.72. The number of hydrogen-bond donors (Lipinski definition) is 1. The number of fused-ring (bicyclic) bond motifs is 3. The number of furan rings is 1. The molecule has 0 saturated carbocycles. The summed E-state index contributed by atoms with van der Waals surface area (Å²) in [5.74, 6) is 1.21. The molecule has 0 unspecified atom stereocenters. The Kier molecular flexibility index (Phi) is 3.60. The maximum atomic E-state index is 12.4. The first kappa shape index (κ1) is 15.9. The van der Waals surface area contributed by atoms with Crippen LogP contribution < -0.4 is 4.90 Å². The molecule has 1 aromatic carbocycles. The highest BCUT2D eigenvalue weighted by Gasteiger charge is 2.25. The van der Waals surface area contributed by atoms with E-state index in [1.54, 1.807) is 18.5 Å². The fourth-order valence-corrected chi connectivity index (χ4v) is 3.72. The largest absolute Gasteiger partial charge is 0.459 e. The molecule has 0 spiro atoms. The second-order valence-corrected chi connectivity index (χ2v) is 6.85. The molecule has 0 radical (unpaired) electrons. The SMILES string of the molecule is Cc1ccc2c(c1)[nH]c1c(N3CCN(C(=O)c4ccco4)CC3)ncnc12. The molecule has 0 atom stereocenters. The van der Waals surface area contributed by atoms with Crippen LogP contribution in [0, 0.1) is 6.92 Å². The van der Waals surface area contributed by atoms with Crippen LogP contribution in [0.4, 0.5) is 5.82 Å². The summed E-state index contributed by atoms with van der Waals surface area (Å²) < 4.78 is 5.23. The van der Waals surface area contributed by atoms with Crippen LogP contribution in [-0.2, 0) is 0 Å². The standard InChI is InChI=1S/C20H19N5O2/c1-13-4-5-14-15(11-13)23-18-17(14)21-12-22-19(18)24-6-8-25(9-7-24)20(26)16-3-2-10-27-16/h2-5,10-12,23H,6-9H2,1H3. The molecule has 7 heteroatoms. The van der Waals surface area contributed by atoms with Gasteiger partial charge in [0.2, 0.25) is 0 Å². The molecule has 27 heavy (non-hydrogen) atoms. The third-order valence-corrected chi connectivity index (χ3v) is 5.12. The number of aromatic nitrogens is 3. The molecule has 1 aliphatic rings. The molecule has 5 rings (SSSR count). The lowest BCUT2D eigenvalue weighted by atomic mass is 10.2. The predicted molar refractivity (Wildman–Crippen MR) is 103 cm³/mol. The summed E-state index contributed by atoms with van der Waals surface area (Å²) in [6.45, 7) is 4.77. The van der Waals surface area contributed by atoms with Gasteiger partial charge >= 0.3 is 0 Å². The van der Waals surface area contributed by atoms with Crippen molar-refractivity contribution in [3.05, 3.63) is 54.2 Å². The monoisotopic (exact) mass is 361 g/mol. The third-order valence-electron chi connectivity index (χ3n) is 5.12. The zero-order valence-corrected chi connectivity index (χ0v) is 15.0. The summed E-state index contributed by atoms with van der Waals surface area (Å²) in [5.41, 5.74) is 4.15. The molecule has 1 aliphatic heterocycles. The van der Waals surface area contributed by atoms with Gasteiger partial charge in [-0.25, -0.2) is 9.97 Å². The minimum absolute atomic E-state index is 0.0615. The normalized spacial score (nSPS) is 15.0. The van der Waals surface area contributed by atoms with Gasteiger partial charge in [0.25, 0.3) is 5.91 Å². The van der Waals surface area contributed by atoms with Gasteiger partial charge in [-0.2, -0.15) is 0 Å². The minimum Gasteiger partial charge on any atom is -0.459 e. The first-order valence-corrected chi connectivity index (χ1v) is 9.01. The molecule has 4 heterocycles. The van der Waals surface area contributed by atoms with Crippen molar-refractivity contribution < 1.29 is 9.21 Å². The van der Waals surface area contributed by atoms with E-state index in [-0.39, 0.29) is 5.91 Å². The van der Waals surface area contributed by atoms with Crippen LogP contribution in [0.3, 0.4) is 0 Å². The number of carbonyl (C=O) groups is 1. The predicted octanol–water partition coefficient (Wildman–Crippen LogP) is 2.97. The Balaban J connectivity index is 1.43. The van der Waals surface area contributed by atoms with E-state index >= 15 is 0 Å². The molecular weight excluding hydrogens is 342 g/mol. The molecule has 136 valence electrons. The van der Waals surface area contributed by atoms with Crippen molar-refractivity contribution in [2.45, 2.75) is 6.92 Å². The van der Waals surface area contributed by atoms with Gasteiger partial charge in [-0.3, -0.25) is 4.79 Å². The van der Waals surface area contributed by atoms with Crippen LogP contribution in [0.2, 0.25) is 0 Å². The van der Waals surface area contributed by atoms with Gasteiger partial charge in [-0.15, -0.1) is 0 Å². The molecule has 1 fully saturated rings. The number of benzene rings is 1. The first-order valence-electron chi connectivity index (χ1n) is 9.01. The van der Waals surface area contributed by atoms with E-state index in [0.717, 1.165) is 27.8 Å². The van der Waals surface area contributed by atoms with Gasteiger partial charge in [0.15, 0.2) is 11.6 Å². The van der Waals surface area contributed by atoms with Crippen molar-refractivity contribution in [2.24, 2.45) is 0 Å². The number of nitrogens with zero attached hydrogens (tertiary/aromatic N) is 4. The maximum absolute atomic E-state index is 12.4. The Morgan fingerprint density at radius 2 is 2.00 bits per heavy atom. The van der Waals surface area contributed by atoms with Gasteiger partial charge < -0.3 is 19.2 Å². The average molecular weight is 361 g/mol. The third kappa shape index (κ3) is 2.63. The van der Waals surface area contributed by atoms with Gasteiger partial charge in [0, 0.05) is 37.1 Å². The fraction of sp³-hybridized carbons (Fsp3) is 0.250. The summed E-state index contributed by atoms with van der Waals surface area (Å²) >= 11 is 0. The van der Waals surface area contributed by atoms with E-state index in [2.05, 4.69) is 45.0 Å². The summed E-state index contributed by atoms with van der Waals surface area (Å²) in [7, 11) is 0. The smallest absolute Gasteiger partial charge is 0.289 e. The molecule has 0 aliphatic carbocycles. The molecular formula is C20H19N5O2. The molecule has 3 aromatic heterocycles. The Hall–Kier alpha value is -3.35. The van der Waals surface area contributed by atoms with Gasteiger partial charge in [0.1, 0.15) is 17.4 Å². The summed E-state index contributed by atoms with van der Waals surface area (Å²) in [4.78, 5) is 29.0. The molecule has 1 N–H and O–H groups in total. The zero-order valence-electron chi connectivity index (χ0n) is 15.0. The highest BCUT2D eigenvalue weighted by Crippen LogP contribution is 2.30. The number of aryl methyl sites for hydroxylation is 1. The van der Waals surface area contributed by atoms with E-state index in [0.29, 0.717) is 31.9 Å². The van der Waals surface area contributed by atoms with Crippen LogP contribution in [0.15, 0.2) is 47.3 Å². The second kappa shape index (κ2) is 6.12. The number of nitrogens with one attached hydrogen (secondary N) is 1. The number of hydrogen-bond acceptors (Lipinski definition) is 5. The van der Waals surface area contributed by atoms with Gasteiger partial charge in [0.05, 0.1) is 6.26 Å². The average Bonchev–Trinajstić information content (AvgIpc) is 3.35. The maximum Gasteiger partial charge on any atom is 0.289 e. The van der Waals surface area contributed by atoms with Crippen molar-refractivity contribution >= 4 is 33.7 Å². The van der Waals surface area contributed by atoms with Crippen molar-refractivity contribution in [3.63, 3.8) is 0 Å². The number of piperazine rings is 1. The van der Waals surface area contributed by atoms with E-state index in [1.165, 1.54) is 11.8 Å². The molecule has 4 aromatic rings. The highest BCUT2D eigenvalue weighted by molar-refractivity contribution is 6.08. The molecule has 1 saturated heterocycles. The molecule has 1 amide bonds. The van der Waals surface area contributed by atoms with Gasteiger partial charge in [-0.05, 0) is 30.7 Å². The lowest BCUT2D eigenvalue weighted by Gasteiger charge is -2.35. The van der Waals surface area contributed by atoms with E-state index in [9.17, 15) is 4.79 Å². The number of aromatic amines is 1. The summed E-state index contributed by atoms with van der Waals surface area (Å²) in [6.07, 6.45) is 3.14. The number of rotatable bonds is 2. The van der Waals surface area contributed by atoms with Crippen molar-refractivity contribution in [1.82, 2.24) is 19.9 Å². The quantitative estimate of drug-likeness (QED) is 0.594. The number of carbonyl (C=O) groups excluding carboxylic acids is 1.